The number of benzene rings is 2. The topological polar surface area (TPSA) is 109 Å². The van der Waals surface area contributed by atoms with Crippen LogP contribution in [0.15, 0.2) is 36.5 Å². The first-order valence-electron chi connectivity index (χ1n) is 11.8. The Balaban J connectivity index is 1.63. The minimum absolute atomic E-state index is 0.246. The van der Waals surface area contributed by atoms with Crippen molar-refractivity contribution in [3.8, 4) is 11.4 Å². The molecule has 2 aromatic carbocycles. The van der Waals surface area contributed by atoms with Gasteiger partial charge in [0.05, 0.1) is 22.8 Å². The maximum Gasteiger partial charge on any atom is 0.410 e. The molecule has 1 aliphatic rings. The summed E-state index contributed by atoms with van der Waals surface area (Å²) in [6.45, 7) is 5.77. The van der Waals surface area contributed by atoms with Crippen molar-refractivity contribution in [1.82, 2.24) is 14.7 Å². The van der Waals surface area contributed by atoms with Gasteiger partial charge in [-0.1, -0.05) is 6.07 Å². The molecule has 2 amide bonds. The summed E-state index contributed by atoms with van der Waals surface area (Å²) in [5, 5.41) is 5.01. The second-order valence-corrected chi connectivity index (χ2v) is 10.0. The van der Waals surface area contributed by atoms with Crippen molar-refractivity contribution < 1.29 is 32.6 Å². The van der Waals surface area contributed by atoms with Gasteiger partial charge in [-0.2, -0.15) is 9.49 Å². The highest BCUT2D eigenvalue weighted by atomic mass is 19.2. The van der Waals surface area contributed by atoms with Crippen molar-refractivity contribution in [2.24, 2.45) is 5.73 Å². The lowest BCUT2D eigenvalue weighted by molar-refractivity contribution is -0.125. The van der Waals surface area contributed by atoms with Crippen LogP contribution >= 0.6 is 0 Å². The number of hydrogen-bond acceptors (Lipinski definition) is 6. The number of piperidine rings is 1. The number of carbonyl (C=O) groups excluding carboxylic acids is 2. The maximum absolute atomic E-state index is 14.3. The van der Waals surface area contributed by atoms with Crippen LogP contribution in [-0.2, 0) is 19.7 Å². The van der Waals surface area contributed by atoms with E-state index in [1.807, 2.05) is 6.07 Å². The Labute approximate surface area is 213 Å². The Bertz CT molecular complexity index is 1330. The van der Waals surface area contributed by atoms with Gasteiger partial charge in [0.1, 0.15) is 5.60 Å². The van der Waals surface area contributed by atoms with Gasteiger partial charge in [0.15, 0.2) is 18.4 Å². The van der Waals surface area contributed by atoms with Crippen LogP contribution in [-0.4, -0.2) is 59.3 Å². The summed E-state index contributed by atoms with van der Waals surface area (Å²) >= 11 is 0. The third-order valence-corrected chi connectivity index (χ3v) is 6.42. The normalized spacial score (nSPS) is 15.6. The van der Waals surface area contributed by atoms with Crippen molar-refractivity contribution in [1.29, 1.82) is 0 Å². The van der Waals surface area contributed by atoms with Gasteiger partial charge in [0, 0.05) is 37.7 Å². The molecule has 0 saturated carbocycles. The zero-order valence-electron chi connectivity index (χ0n) is 21.2. The number of nitrogens with zero attached hydrogens (tertiary/aromatic N) is 3. The molecular weight excluding hydrogens is 486 g/mol. The number of fused-ring (bicyclic) bond motifs is 1. The molecule has 0 aliphatic carbocycles. The molecule has 3 aromatic rings. The van der Waals surface area contributed by atoms with E-state index < -0.39 is 34.7 Å². The van der Waals surface area contributed by atoms with Gasteiger partial charge in [-0.05, 0) is 51.3 Å². The minimum Gasteiger partial charge on any atom is -0.464 e. The lowest BCUT2D eigenvalue weighted by atomic mass is 9.72. The Morgan fingerprint density at radius 3 is 2.46 bits per heavy atom. The van der Waals surface area contributed by atoms with Gasteiger partial charge in [-0.3, -0.25) is 4.79 Å². The van der Waals surface area contributed by atoms with Crippen LogP contribution in [0.3, 0.4) is 0 Å². The maximum atomic E-state index is 14.3. The van der Waals surface area contributed by atoms with Crippen LogP contribution in [0.2, 0.25) is 0 Å². The van der Waals surface area contributed by atoms with E-state index in [0.717, 1.165) is 6.07 Å². The summed E-state index contributed by atoms with van der Waals surface area (Å²) in [7, 11) is 1.37. The number of nitrogens with two attached hydrogens (primary N) is 1. The number of aromatic nitrogens is 2. The lowest BCUT2D eigenvalue weighted by Gasteiger charge is -2.40. The molecule has 0 bridgehead atoms. The molecule has 0 radical (unpaired) electrons. The molecule has 9 nitrogen and oxygen atoms in total. The zero-order valence-corrected chi connectivity index (χ0v) is 21.2. The number of likely N-dealkylation sites (tertiary alicyclic amines) is 1. The highest BCUT2D eigenvalue weighted by Gasteiger charge is 2.43. The Morgan fingerprint density at radius 1 is 1.14 bits per heavy atom. The Morgan fingerprint density at radius 2 is 1.84 bits per heavy atom. The van der Waals surface area contributed by atoms with E-state index in [-0.39, 0.29) is 18.2 Å². The summed E-state index contributed by atoms with van der Waals surface area (Å²) in [6, 6.07) is 7.69. The lowest BCUT2D eigenvalue weighted by Crippen LogP contribution is -2.52. The van der Waals surface area contributed by atoms with Crippen molar-refractivity contribution >= 4 is 22.9 Å². The molecular formula is C26H30F2N4O5. The molecule has 198 valence electrons. The monoisotopic (exact) mass is 516 g/mol. The van der Waals surface area contributed by atoms with E-state index in [4.69, 9.17) is 19.9 Å². The highest BCUT2D eigenvalue weighted by molar-refractivity contribution is 5.90. The number of hydrogen-bond donors (Lipinski definition) is 1. The molecule has 11 heteroatoms. The molecule has 4 rings (SSSR count). The first kappa shape index (κ1) is 26.3. The van der Waals surface area contributed by atoms with Crippen LogP contribution in [0.1, 0.15) is 39.2 Å². The first-order valence-corrected chi connectivity index (χ1v) is 11.8. The number of methoxy groups -OCH3 is 1. The summed E-state index contributed by atoms with van der Waals surface area (Å²) in [5.41, 5.74) is 5.86. The third-order valence-electron chi connectivity index (χ3n) is 6.42. The van der Waals surface area contributed by atoms with E-state index in [2.05, 4.69) is 5.10 Å². The molecule has 2 heterocycles. The fourth-order valence-electron chi connectivity index (χ4n) is 4.51. The molecule has 0 spiro atoms. The molecule has 2 N–H and O–H groups in total. The minimum atomic E-state index is -1.12. The largest absolute Gasteiger partial charge is 0.464 e. The SMILES string of the molecule is COCOc1cc(-n2ncc3cc(C4(C(N)=O)CCN(C(=O)OC(C)(C)C)CC4)ccc32)cc(F)c1F. The standard InChI is InChI=1S/C26H30F2N4O5/c1-25(2,3)37-24(34)31-9-7-26(8-10-31,23(29)33)17-5-6-20-16(11-17)14-30-32(20)18-12-19(27)22(28)21(13-18)36-15-35-4/h5-6,11-14H,7-10,15H2,1-4H3,(H2,29,33). The van der Waals surface area contributed by atoms with E-state index >= 15 is 0 Å². The van der Waals surface area contributed by atoms with Crippen LogP contribution in [0.25, 0.3) is 16.6 Å². The van der Waals surface area contributed by atoms with Gasteiger partial charge in [-0.25, -0.2) is 13.9 Å². The number of halogens is 2. The average Bonchev–Trinajstić information content (AvgIpc) is 3.27. The predicted octanol–water partition coefficient (Wildman–Crippen LogP) is 4.04. The van der Waals surface area contributed by atoms with Crippen molar-refractivity contribution in [2.75, 3.05) is 27.0 Å². The molecule has 1 aliphatic heterocycles. The molecule has 0 unspecified atom stereocenters. The van der Waals surface area contributed by atoms with E-state index in [1.165, 1.54) is 17.9 Å². The summed E-state index contributed by atoms with van der Waals surface area (Å²) in [6.07, 6.45) is 1.82. The number of rotatable bonds is 6. The van der Waals surface area contributed by atoms with Gasteiger partial charge < -0.3 is 24.8 Å². The van der Waals surface area contributed by atoms with Gasteiger partial charge >= 0.3 is 6.09 Å². The number of ether oxygens (including phenoxy) is 3. The number of amides is 2. The second-order valence-electron chi connectivity index (χ2n) is 10.0. The number of carbonyl (C=O) groups is 2. The Hall–Kier alpha value is -3.73. The van der Waals surface area contributed by atoms with E-state index in [0.29, 0.717) is 42.4 Å². The quantitative estimate of drug-likeness (QED) is 0.496. The molecule has 1 fully saturated rings. The first-order chi connectivity index (χ1) is 17.4. The second kappa shape index (κ2) is 9.97. The molecule has 0 atom stereocenters. The van der Waals surface area contributed by atoms with Crippen LogP contribution in [0.5, 0.6) is 5.75 Å². The Kier molecular flexibility index (Phi) is 7.09. The van der Waals surface area contributed by atoms with Crippen LogP contribution in [0, 0.1) is 11.6 Å². The fourth-order valence-corrected chi connectivity index (χ4v) is 4.51. The van der Waals surface area contributed by atoms with Crippen molar-refractivity contribution in [2.45, 2.75) is 44.6 Å². The van der Waals surface area contributed by atoms with E-state index in [1.54, 1.807) is 44.0 Å². The number of primary amides is 1. The third kappa shape index (κ3) is 5.22. The van der Waals surface area contributed by atoms with Crippen LogP contribution in [0.4, 0.5) is 13.6 Å². The van der Waals surface area contributed by atoms with Crippen molar-refractivity contribution in [3.63, 3.8) is 0 Å². The highest BCUT2D eigenvalue weighted by Crippen LogP contribution is 2.37. The average molecular weight is 517 g/mol. The van der Waals surface area contributed by atoms with Gasteiger partial charge in [0.25, 0.3) is 0 Å². The molecule has 1 saturated heterocycles. The summed E-state index contributed by atoms with van der Waals surface area (Å²) in [5.74, 6) is -3.00. The fraction of sp³-hybridized carbons (Fsp3) is 0.423. The van der Waals surface area contributed by atoms with Gasteiger partial charge in [-0.15, -0.1) is 0 Å². The molecule has 1 aromatic heterocycles. The smallest absolute Gasteiger partial charge is 0.410 e. The summed E-state index contributed by atoms with van der Waals surface area (Å²) in [4.78, 5) is 26.8. The van der Waals surface area contributed by atoms with Crippen molar-refractivity contribution in [3.05, 3.63) is 53.7 Å². The zero-order chi connectivity index (χ0) is 27.0. The van der Waals surface area contributed by atoms with E-state index in [9.17, 15) is 18.4 Å². The van der Waals surface area contributed by atoms with Crippen LogP contribution < -0.4 is 10.5 Å². The predicted molar refractivity (Wildman–Crippen MR) is 131 cm³/mol. The summed E-state index contributed by atoms with van der Waals surface area (Å²) < 4.78 is 45.2. The molecule has 37 heavy (non-hydrogen) atoms. The van der Waals surface area contributed by atoms with Gasteiger partial charge in [0.2, 0.25) is 11.7 Å².